The molecule has 5 heteroatoms. The molecule has 0 radical (unpaired) electrons. The molecular weight excluding hydrogens is 164 g/mol. The van der Waals surface area contributed by atoms with Gasteiger partial charge in [0.15, 0.2) is 0 Å². The fourth-order valence-electron chi connectivity index (χ4n) is 0.584. The Morgan fingerprint density at radius 2 is 2.64 bits per heavy atom. The Kier molecular flexibility index (Phi) is 2.97. The standard InChI is InChI=1S/C6H8N2O2S/c9-6(10-3-4-11)5-7-1-2-8-5/h1-2,11H,3-4H2,(H,7,8). The van der Waals surface area contributed by atoms with E-state index < -0.39 is 5.97 Å². The molecule has 1 N–H and O–H groups in total. The molecule has 0 bridgehead atoms. The summed E-state index contributed by atoms with van der Waals surface area (Å²) in [7, 11) is 0. The number of aromatic nitrogens is 2. The minimum absolute atomic E-state index is 0.229. The molecule has 0 aliphatic rings. The molecule has 0 unspecified atom stereocenters. The molecule has 0 aliphatic carbocycles. The number of H-pyrrole nitrogens is 1. The predicted octanol–water partition coefficient (Wildman–Crippen LogP) is 0.496. The Morgan fingerprint density at radius 1 is 1.82 bits per heavy atom. The summed E-state index contributed by atoms with van der Waals surface area (Å²) in [6.07, 6.45) is 3.06. The summed E-state index contributed by atoms with van der Waals surface area (Å²) >= 11 is 3.88. The maximum atomic E-state index is 10.9. The van der Waals surface area contributed by atoms with Crippen LogP contribution in [-0.2, 0) is 4.74 Å². The molecule has 0 amide bonds. The molecule has 60 valence electrons. The SMILES string of the molecule is O=C(OCCS)c1ncc[nH]1. The predicted molar refractivity (Wildman–Crippen MR) is 42.7 cm³/mol. The minimum atomic E-state index is -0.441. The summed E-state index contributed by atoms with van der Waals surface area (Å²) in [6, 6.07) is 0. The molecule has 1 heterocycles. The Bertz CT molecular complexity index is 222. The van der Waals surface area contributed by atoms with Crippen molar-refractivity contribution in [2.75, 3.05) is 12.4 Å². The molecular formula is C6H8N2O2S. The number of thiol groups is 1. The first-order chi connectivity index (χ1) is 5.34. The molecule has 4 nitrogen and oxygen atoms in total. The quantitative estimate of drug-likeness (QED) is 0.515. The first-order valence-corrected chi connectivity index (χ1v) is 3.75. The van der Waals surface area contributed by atoms with Gasteiger partial charge >= 0.3 is 5.97 Å². The minimum Gasteiger partial charge on any atom is -0.459 e. The van der Waals surface area contributed by atoms with Crippen molar-refractivity contribution in [2.24, 2.45) is 0 Å². The van der Waals surface area contributed by atoms with Crippen LogP contribution in [0.5, 0.6) is 0 Å². The van der Waals surface area contributed by atoms with Gasteiger partial charge in [0.25, 0.3) is 0 Å². The van der Waals surface area contributed by atoms with Gasteiger partial charge in [0.05, 0.1) is 0 Å². The molecule has 1 rings (SSSR count). The molecule has 0 saturated heterocycles. The van der Waals surface area contributed by atoms with E-state index in [0.717, 1.165) is 0 Å². The average molecular weight is 172 g/mol. The molecule has 1 aromatic heterocycles. The highest BCUT2D eigenvalue weighted by molar-refractivity contribution is 7.80. The lowest BCUT2D eigenvalue weighted by Gasteiger charge is -1.97. The van der Waals surface area contributed by atoms with Gasteiger partial charge in [-0.1, -0.05) is 0 Å². The van der Waals surface area contributed by atoms with Gasteiger partial charge in [0.2, 0.25) is 5.82 Å². The number of aromatic amines is 1. The third-order valence-corrected chi connectivity index (χ3v) is 1.20. The van der Waals surface area contributed by atoms with Crippen molar-refractivity contribution in [3.05, 3.63) is 18.2 Å². The lowest BCUT2D eigenvalue weighted by molar-refractivity contribution is 0.0517. The highest BCUT2D eigenvalue weighted by Gasteiger charge is 2.07. The van der Waals surface area contributed by atoms with Crippen LogP contribution in [0, 0.1) is 0 Å². The van der Waals surface area contributed by atoms with Crippen LogP contribution in [-0.4, -0.2) is 28.3 Å². The normalized spacial score (nSPS) is 9.55. The van der Waals surface area contributed by atoms with Crippen LogP contribution in [0.25, 0.3) is 0 Å². The largest absolute Gasteiger partial charge is 0.459 e. The zero-order valence-corrected chi connectivity index (χ0v) is 6.67. The van der Waals surface area contributed by atoms with Gasteiger partial charge in [-0.05, 0) is 0 Å². The summed E-state index contributed by atoms with van der Waals surface area (Å²) in [5.41, 5.74) is 0. The fourth-order valence-corrected chi connectivity index (χ4v) is 0.675. The summed E-state index contributed by atoms with van der Waals surface area (Å²) in [5.74, 6) is 0.308. The highest BCUT2D eigenvalue weighted by atomic mass is 32.1. The van der Waals surface area contributed by atoms with Crippen LogP contribution in [0.1, 0.15) is 10.6 Å². The van der Waals surface area contributed by atoms with E-state index in [0.29, 0.717) is 12.4 Å². The number of ether oxygens (including phenoxy) is 1. The van der Waals surface area contributed by atoms with Crippen LogP contribution in [0.15, 0.2) is 12.4 Å². The molecule has 0 atom stereocenters. The van der Waals surface area contributed by atoms with E-state index in [1.54, 1.807) is 6.20 Å². The van der Waals surface area contributed by atoms with Crippen LogP contribution >= 0.6 is 12.6 Å². The zero-order valence-electron chi connectivity index (χ0n) is 5.78. The summed E-state index contributed by atoms with van der Waals surface area (Å²) in [6.45, 7) is 0.308. The van der Waals surface area contributed by atoms with Crippen molar-refractivity contribution in [1.29, 1.82) is 0 Å². The van der Waals surface area contributed by atoms with E-state index in [1.807, 2.05) is 0 Å². The topological polar surface area (TPSA) is 55.0 Å². The van der Waals surface area contributed by atoms with E-state index in [2.05, 4.69) is 22.6 Å². The van der Waals surface area contributed by atoms with E-state index in [4.69, 9.17) is 4.74 Å². The molecule has 0 aliphatic heterocycles. The van der Waals surface area contributed by atoms with Crippen LogP contribution in [0.4, 0.5) is 0 Å². The average Bonchev–Trinajstić information content (AvgIpc) is 2.52. The molecule has 0 spiro atoms. The van der Waals surface area contributed by atoms with Gasteiger partial charge in [-0.15, -0.1) is 0 Å². The second-order valence-corrected chi connectivity index (χ2v) is 2.24. The van der Waals surface area contributed by atoms with Gasteiger partial charge in [-0.3, -0.25) is 0 Å². The number of imidazole rings is 1. The molecule has 0 aromatic carbocycles. The van der Waals surface area contributed by atoms with Crippen molar-refractivity contribution in [3.8, 4) is 0 Å². The monoisotopic (exact) mass is 172 g/mol. The third-order valence-electron chi connectivity index (χ3n) is 1.02. The van der Waals surface area contributed by atoms with E-state index >= 15 is 0 Å². The number of hydrogen-bond acceptors (Lipinski definition) is 4. The van der Waals surface area contributed by atoms with Gasteiger partial charge in [-0.25, -0.2) is 9.78 Å². The lowest BCUT2D eigenvalue weighted by Crippen LogP contribution is -2.08. The van der Waals surface area contributed by atoms with Gasteiger partial charge < -0.3 is 9.72 Å². The van der Waals surface area contributed by atoms with Crippen LogP contribution in [0.3, 0.4) is 0 Å². The second-order valence-electron chi connectivity index (χ2n) is 1.80. The maximum Gasteiger partial charge on any atom is 0.374 e. The Balaban J connectivity index is 2.43. The van der Waals surface area contributed by atoms with Crippen molar-refractivity contribution in [3.63, 3.8) is 0 Å². The van der Waals surface area contributed by atoms with Crippen molar-refractivity contribution >= 4 is 18.6 Å². The van der Waals surface area contributed by atoms with Crippen LogP contribution < -0.4 is 0 Å². The molecule has 0 saturated carbocycles. The van der Waals surface area contributed by atoms with Crippen molar-refractivity contribution in [2.45, 2.75) is 0 Å². The zero-order chi connectivity index (χ0) is 8.10. The fraction of sp³-hybridized carbons (Fsp3) is 0.333. The molecule has 11 heavy (non-hydrogen) atoms. The Labute approximate surface area is 69.4 Å². The smallest absolute Gasteiger partial charge is 0.374 e. The van der Waals surface area contributed by atoms with Gasteiger partial charge in [0, 0.05) is 18.1 Å². The van der Waals surface area contributed by atoms with E-state index in [-0.39, 0.29) is 5.82 Å². The molecule has 0 fully saturated rings. The Morgan fingerprint density at radius 3 is 3.18 bits per heavy atom. The number of carbonyl (C=O) groups excluding carboxylic acids is 1. The third kappa shape index (κ3) is 2.27. The second kappa shape index (κ2) is 4.02. The highest BCUT2D eigenvalue weighted by Crippen LogP contribution is 1.92. The number of nitrogens with zero attached hydrogens (tertiary/aromatic N) is 1. The van der Waals surface area contributed by atoms with Gasteiger partial charge in [0.1, 0.15) is 6.61 Å². The lowest BCUT2D eigenvalue weighted by atomic mass is 10.6. The Hall–Kier alpha value is -0.970. The molecule has 1 aromatic rings. The first-order valence-electron chi connectivity index (χ1n) is 3.12. The number of esters is 1. The van der Waals surface area contributed by atoms with Gasteiger partial charge in [-0.2, -0.15) is 12.6 Å². The van der Waals surface area contributed by atoms with E-state index in [1.165, 1.54) is 6.20 Å². The van der Waals surface area contributed by atoms with E-state index in [9.17, 15) is 4.79 Å². The number of hydrogen-bond donors (Lipinski definition) is 2. The maximum absolute atomic E-state index is 10.9. The summed E-state index contributed by atoms with van der Waals surface area (Å²) in [4.78, 5) is 17.3. The summed E-state index contributed by atoms with van der Waals surface area (Å²) in [5, 5.41) is 0. The number of rotatable bonds is 3. The summed E-state index contributed by atoms with van der Waals surface area (Å²) < 4.78 is 4.73. The number of carbonyl (C=O) groups is 1. The van der Waals surface area contributed by atoms with Crippen molar-refractivity contribution < 1.29 is 9.53 Å². The van der Waals surface area contributed by atoms with Crippen LogP contribution in [0.2, 0.25) is 0 Å². The first kappa shape index (κ1) is 8.13. The number of nitrogens with one attached hydrogen (secondary N) is 1. The van der Waals surface area contributed by atoms with Crippen molar-refractivity contribution in [1.82, 2.24) is 9.97 Å².